The number of benzene rings is 1. The molecule has 1 rings (SSSR count). The third-order valence-corrected chi connectivity index (χ3v) is 2.99. The molecule has 0 aliphatic rings. The Morgan fingerprint density at radius 1 is 1.05 bits per heavy atom. The van der Waals surface area contributed by atoms with Crippen molar-refractivity contribution in [3.8, 4) is 0 Å². The van der Waals surface area contributed by atoms with Crippen LogP contribution in [0.25, 0.3) is 0 Å². The van der Waals surface area contributed by atoms with Crippen molar-refractivity contribution >= 4 is 32.3 Å². The highest BCUT2D eigenvalue weighted by Crippen LogP contribution is 2.37. The average Bonchev–Trinajstić information content (AvgIpc) is 2.15. The highest BCUT2D eigenvalue weighted by atomic mass is 31.2. The van der Waals surface area contributed by atoms with Gasteiger partial charge in [0.2, 0.25) is 0 Å². The van der Waals surface area contributed by atoms with Crippen LogP contribution in [0.5, 0.6) is 0 Å². The van der Waals surface area contributed by atoms with E-state index in [1.54, 1.807) is 0 Å². The smallest absolute Gasteiger partial charge is 0.298 e. The van der Waals surface area contributed by atoms with Gasteiger partial charge in [-0.15, -0.1) is 0 Å². The van der Waals surface area contributed by atoms with Gasteiger partial charge in [0.05, 0.1) is 4.92 Å². The molecule has 0 saturated heterocycles. The van der Waals surface area contributed by atoms with Gasteiger partial charge in [0.25, 0.3) is 20.9 Å². The molecule has 0 amide bonds. The molecule has 106 valence electrons. The van der Waals surface area contributed by atoms with Gasteiger partial charge in [-0.3, -0.25) is 41.3 Å². The van der Waals surface area contributed by atoms with Crippen molar-refractivity contribution in [1.82, 2.24) is 0 Å². The van der Waals surface area contributed by atoms with Gasteiger partial charge in [0.15, 0.2) is 0 Å². The zero-order chi connectivity index (χ0) is 14.8. The Hall–Kier alpha value is -1.48. The summed E-state index contributed by atoms with van der Waals surface area (Å²) in [5.74, 6) is 0. The Balaban J connectivity index is 3.19. The van der Waals surface area contributed by atoms with Gasteiger partial charge >= 0.3 is 0 Å². The number of nitrogens with zero attached hydrogens (tertiary/aromatic N) is 1. The van der Waals surface area contributed by atoms with Crippen molar-refractivity contribution in [2.24, 2.45) is 22.0 Å². The van der Waals surface area contributed by atoms with Gasteiger partial charge in [-0.25, -0.2) is 0 Å². The van der Waals surface area contributed by atoms with E-state index in [0.29, 0.717) is 0 Å². The quantitative estimate of drug-likeness (QED) is 0.251. The number of nitro groups is 1. The Labute approximate surface area is 107 Å². The van der Waals surface area contributed by atoms with Gasteiger partial charge in [-0.1, -0.05) is 0 Å². The molecule has 0 saturated carbocycles. The molecule has 10 N–H and O–H groups in total. The number of rotatable bonds is 5. The van der Waals surface area contributed by atoms with Crippen LogP contribution in [0, 0.1) is 10.1 Å². The maximum absolute atomic E-state index is 11.2. The summed E-state index contributed by atoms with van der Waals surface area (Å²) in [7, 11) is -7.28. The Morgan fingerprint density at radius 3 is 2.00 bits per heavy atom. The average molecular weight is 309 g/mol. The lowest BCUT2D eigenvalue weighted by molar-refractivity contribution is -0.383. The SMILES string of the molecule is NP(N)(=O)Nc1ccc(NP(N)(N)=O)c([N+](=O)[O-])c1. The van der Waals surface area contributed by atoms with Crippen LogP contribution < -0.4 is 32.2 Å². The first kappa shape index (κ1) is 15.6. The fourth-order valence-electron chi connectivity index (χ4n) is 1.24. The van der Waals surface area contributed by atoms with Crippen molar-refractivity contribution in [3.05, 3.63) is 28.3 Å². The van der Waals surface area contributed by atoms with Crippen LogP contribution in [0.4, 0.5) is 17.1 Å². The Morgan fingerprint density at radius 2 is 1.58 bits per heavy atom. The molecule has 0 radical (unpaired) electrons. The van der Waals surface area contributed by atoms with Crippen LogP contribution in [0.2, 0.25) is 0 Å². The third kappa shape index (κ3) is 5.35. The molecular formula is C6H13N7O4P2. The number of nitrogens with one attached hydrogen (secondary N) is 2. The molecule has 11 nitrogen and oxygen atoms in total. The van der Waals surface area contributed by atoms with E-state index in [1.807, 2.05) is 0 Å². The monoisotopic (exact) mass is 309 g/mol. The normalized spacial score (nSPS) is 12.0. The molecule has 0 bridgehead atoms. The topological polar surface area (TPSA) is 205 Å². The minimum absolute atomic E-state index is 0.0643. The highest BCUT2D eigenvalue weighted by molar-refractivity contribution is 7.60. The molecular weight excluding hydrogens is 296 g/mol. The minimum atomic E-state index is -3.69. The van der Waals surface area contributed by atoms with E-state index < -0.39 is 25.8 Å². The highest BCUT2D eigenvalue weighted by Gasteiger charge is 2.20. The second-order valence-corrected chi connectivity index (χ2v) is 6.92. The predicted molar refractivity (Wildman–Crippen MR) is 72.3 cm³/mol. The lowest BCUT2D eigenvalue weighted by Crippen LogP contribution is -2.15. The first-order valence-electron chi connectivity index (χ1n) is 4.67. The second kappa shape index (κ2) is 5.25. The van der Waals surface area contributed by atoms with Crippen LogP contribution in [0.3, 0.4) is 0 Å². The van der Waals surface area contributed by atoms with Crippen LogP contribution in [0.1, 0.15) is 0 Å². The third-order valence-electron chi connectivity index (χ3n) is 1.79. The van der Waals surface area contributed by atoms with Crippen LogP contribution in [-0.4, -0.2) is 4.92 Å². The second-order valence-electron chi connectivity index (χ2n) is 3.63. The maximum atomic E-state index is 11.2. The largest absolute Gasteiger partial charge is 0.313 e. The number of anilines is 2. The lowest BCUT2D eigenvalue weighted by Gasteiger charge is -2.13. The van der Waals surface area contributed by atoms with Gasteiger partial charge in [0, 0.05) is 11.8 Å². The molecule has 0 aliphatic carbocycles. The van der Waals surface area contributed by atoms with Gasteiger partial charge in [-0.2, -0.15) is 0 Å². The molecule has 0 aliphatic heterocycles. The first-order chi connectivity index (χ1) is 8.48. The summed E-state index contributed by atoms with van der Waals surface area (Å²) in [5, 5.41) is 15.2. The van der Waals surface area contributed by atoms with Crippen LogP contribution in [-0.2, 0) is 9.13 Å². The van der Waals surface area contributed by atoms with E-state index in [1.165, 1.54) is 12.1 Å². The first-order valence-corrected chi connectivity index (χ1v) is 8.36. The standard InChI is InChI=1S/C6H13N7O4P2/c7-18(8,16)11-4-1-2-5(12-19(9,10)17)6(3-4)13(14)15/h1-3H,(H5,7,8,11,16)(H5,9,10,12,17). The maximum Gasteiger partial charge on any atom is 0.298 e. The zero-order valence-corrected chi connectivity index (χ0v) is 11.3. The summed E-state index contributed by atoms with van der Waals surface area (Å²) >= 11 is 0. The number of hydrogen-bond acceptors (Lipinski definition) is 4. The molecule has 0 aromatic heterocycles. The molecule has 13 heteroatoms. The van der Waals surface area contributed by atoms with Crippen molar-refractivity contribution in [2.75, 3.05) is 10.2 Å². The van der Waals surface area contributed by atoms with Gasteiger partial charge < -0.3 is 10.2 Å². The molecule has 0 atom stereocenters. The fourth-order valence-corrected chi connectivity index (χ4v) is 2.35. The summed E-state index contributed by atoms with van der Waals surface area (Å²) in [5.41, 5.74) is 19.8. The molecule has 19 heavy (non-hydrogen) atoms. The molecule has 0 heterocycles. The molecule has 0 unspecified atom stereocenters. The van der Waals surface area contributed by atoms with E-state index in [9.17, 15) is 19.2 Å². The number of hydrogen-bond donors (Lipinski definition) is 6. The van der Waals surface area contributed by atoms with Crippen LogP contribution in [0.15, 0.2) is 18.2 Å². The Bertz CT molecular complexity index is 593. The Kier molecular flexibility index (Phi) is 4.31. The van der Waals surface area contributed by atoms with Crippen molar-refractivity contribution < 1.29 is 14.1 Å². The van der Waals surface area contributed by atoms with E-state index in [0.717, 1.165) is 6.07 Å². The van der Waals surface area contributed by atoms with E-state index in [4.69, 9.17) is 22.0 Å². The van der Waals surface area contributed by atoms with E-state index in [-0.39, 0.29) is 11.4 Å². The lowest BCUT2D eigenvalue weighted by atomic mass is 10.2. The fraction of sp³-hybridized carbons (Fsp3) is 0. The zero-order valence-electron chi connectivity index (χ0n) is 9.52. The minimum Gasteiger partial charge on any atom is -0.313 e. The van der Waals surface area contributed by atoms with Crippen molar-refractivity contribution in [3.63, 3.8) is 0 Å². The van der Waals surface area contributed by atoms with Gasteiger partial charge in [0.1, 0.15) is 5.69 Å². The molecule has 0 spiro atoms. The van der Waals surface area contributed by atoms with Gasteiger partial charge in [-0.05, 0) is 12.1 Å². The summed E-state index contributed by atoms with van der Waals surface area (Å²) in [6.45, 7) is 0. The van der Waals surface area contributed by atoms with E-state index in [2.05, 4.69) is 10.2 Å². The molecule has 1 aromatic carbocycles. The summed E-state index contributed by atoms with van der Waals surface area (Å²) in [6.07, 6.45) is 0. The predicted octanol–water partition coefficient (Wildman–Crippen LogP) is 0.470. The van der Waals surface area contributed by atoms with Crippen LogP contribution >= 0.6 is 15.2 Å². The van der Waals surface area contributed by atoms with Crippen molar-refractivity contribution in [2.45, 2.75) is 0 Å². The summed E-state index contributed by atoms with van der Waals surface area (Å²) in [6, 6.07) is 3.48. The summed E-state index contributed by atoms with van der Waals surface area (Å²) in [4.78, 5) is 10.1. The van der Waals surface area contributed by atoms with Crippen molar-refractivity contribution in [1.29, 1.82) is 0 Å². The number of nitro benzene ring substituents is 1. The van der Waals surface area contributed by atoms with E-state index >= 15 is 0 Å². The molecule has 1 aromatic rings. The number of nitrogens with two attached hydrogens (primary N) is 4. The summed E-state index contributed by atoms with van der Waals surface area (Å²) < 4.78 is 22.3. The molecule has 0 fully saturated rings.